The Morgan fingerprint density at radius 1 is 1.80 bits per heavy atom. The number of rotatable bonds is 1. The molecule has 0 aromatic rings. The zero-order valence-corrected chi connectivity index (χ0v) is 3.73. The Morgan fingerprint density at radius 3 is 2.00 bits per heavy atom. The first-order chi connectivity index (χ1) is 2.27. The van der Waals surface area contributed by atoms with E-state index < -0.39 is 0 Å². The van der Waals surface area contributed by atoms with Crippen molar-refractivity contribution in [3.63, 3.8) is 0 Å². The summed E-state index contributed by atoms with van der Waals surface area (Å²) in [4.78, 5) is 0. The highest BCUT2D eigenvalue weighted by Gasteiger charge is 1.80. The van der Waals surface area contributed by atoms with E-state index in [-0.39, 0.29) is 5.82 Å². The first-order valence-corrected chi connectivity index (χ1v) is 1.82. The molecule has 0 nitrogen and oxygen atoms in total. The highest BCUT2D eigenvalue weighted by Crippen LogP contribution is 1.96. The molecule has 0 spiro atoms. The van der Waals surface area contributed by atoms with E-state index in [0.717, 1.165) is 0 Å². The van der Waals surface area contributed by atoms with Crippen molar-refractivity contribution in [2.24, 2.45) is 0 Å². The summed E-state index contributed by atoms with van der Waals surface area (Å²) in [6.45, 7) is 3.89. The molecule has 0 heterocycles. The predicted molar refractivity (Wildman–Crippen MR) is 25.2 cm³/mol. The van der Waals surface area contributed by atoms with Gasteiger partial charge < -0.3 is 0 Å². The average molecular weight is 66.9 g/mol. The Morgan fingerprint density at radius 2 is 2.00 bits per heavy atom. The quantitative estimate of drug-likeness (QED) is 0.404. The smallest absolute Gasteiger partial charge is 0.0699 e. The minimum absolute atomic E-state index is 0.259. The maximum atomic E-state index is 5.24. The van der Waals surface area contributed by atoms with E-state index in [2.05, 4.69) is 0 Å². The van der Waals surface area contributed by atoms with Gasteiger partial charge in [-0.3, -0.25) is 0 Å². The molecular formula is C4H8B. The summed E-state index contributed by atoms with van der Waals surface area (Å²) in [6, 6.07) is 0. The van der Waals surface area contributed by atoms with Crippen LogP contribution in [0.15, 0.2) is 0 Å². The normalized spacial score (nSPS) is 14.8. The largest absolute Gasteiger partial charge is 0.0774 e. The van der Waals surface area contributed by atoms with Crippen molar-refractivity contribution in [3.8, 4) is 0 Å². The van der Waals surface area contributed by atoms with Crippen molar-refractivity contribution in [2.75, 3.05) is 0 Å². The molecule has 0 fully saturated rings. The fourth-order valence-corrected chi connectivity index (χ4v) is 0. The van der Waals surface area contributed by atoms with Gasteiger partial charge in [-0.1, -0.05) is 19.7 Å². The molecule has 1 heteroatoms. The van der Waals surface area contributed by atoms with Crippen LogP contribution in [-0.4, -0.2) is 7.85 Å². The summed E-state index contributed by atoms with van der Waals surface area (Å²) in [7, 11) is 5.24. The molecule has 1 unspecified atom stereocenters. The maximum Gasteiger partial charge on any atom is 0.0699 e. The van der Waals surface area contributed by atoms with Crippen LogP contribution >= 0.6 is 0 Å². The van der Waals surface area contributed by atoms with E-state index in [9.17, 15) is 0 Å². The zero-order valence-electron chi connectivity index (χ0n) is 3.73. The van der Waals surface area contributed by atoms with Gasteiger partial charge in [-0.15, -0.1) is 0 Å². The zero-order chi connectivity index (χ0) is 4.28. The van der Waals surface area contributed by atoms with Crippen LogP contribution in [0.4, 0.5) is 0 Å². The van der Waals surface area contributed by atoms with Crippen molar-refractivity contribution in [1.29, 1.82) is 0 Å². The van der Waals surface area contributed by atoms with Crippen LogP contribution in [-0.2, 0) is 0 Å². The van der Waals surface area contributed by atoms with Crippen molar-refractivity contribution >= 4 is 7.85 Å². The third kappa shape index (κ3) is 4.06. The van der Waals surface area contributed by atoms with Gasteiger partial charge in [0.05, 0.1) is 7.85 Å². The van der Waals surface area contributed by atoms with Crippen LogP contribution < -0.4 is 0 Å². The Labute approximate surface area is 35.0 Å². The van der Waals surface area contributed by atoms with E-state index in [0.29, 0.717) is 0 Å². The van der Waals surface area contributed by atoms with E-state index in [1.54, 1.807) is 0 Å². The Hall–Kier alpha value is 0.0649. The second-order valence-corrected chi connectivity index (χ2v) is 1.19. The van der Waals surface area contributed by atoms with Crippen LogP contribution in [0.2, 0.25) is 5.82 Å². The van der Waals surface area contributed by atoms with E-state index in [4.69, 9.17) is 7.85 Å². The highest BCUT2D eigenvalue weighted by atomic mass is 13.8. The third-order valence-corrected chi connectivity index (χ3v) is 0.526. The molecule has 0 saturated heterocycles. The fraction of sp³-hybridized carbons (Fsp3) is 0.750. The Kier molecular flexibility index (Phi) is 2.34. The molecule has 0 aliphatic heterocycles. The van der Waals surface area contributed by atoms with Gasteiger partial charge in [0.2, 0.25) is 0 Å². The molecule has 0 aliphatic carbocycles. The predicted octanol–water partition coefficient (Wildman–Crippen LogP) is 1.19. The summed E-state index contributed by atoms with van der Waals surface area (Å²) in [5, 5.41) is 0. The molecule has 0 rings (SSSR count). The maximum absolute atomic E-state index is 5.24. The van der Waals surface area contributed by atoms with Gasteiger partial charge in [-0.25, -0.2) is 0 Å². The van der Waals surface area contributed by atoms with E-state index >= 15 is 0 Å². The van der Waals surface area contributed by atoms with Gasteiger partial charge in [0, 0.05) is 0 Å². The summed E-state index contributed by atoms with van der Waals surface area (Å²) in [5.74, 6) is 0.259. The van der Waals surface area contributed by atoms with Crippen molar-refractivity contribution < 1.29 is 0 Å². The molecule has 1 atom stereocenters. The molecule has 3 radical (unpaired) electrons. The lowest BCUT2D eigenvalue weighted by atomic mass is 9.88. The third-order valence-electron chi connectivity index (χ3n) is 0.526. The second-order valence-electron chi connectivity index (χ2n) is 1.19. The van der Waals surface area contributed by atoms with Gasteiger partial charge >= 0.3 is 0 Å². The minimum Gasteiger partial charge on any atom is -0.0774 e. The van der Waals surface area contributed by atoms with Crippen LogP contribution in [0.3, 0.4) is 0 Å². The Balaban J connectivity index is 2.54. The topological polar surface area (TPSA) is 0 Å². The second kappa shape index (κ2) is 2.31. The summed E-state index contributed by atoms with van der Waals surface area (Å²) in [6.07, 6.45) is 1.94. The van der Waals surface area contributed by atoms with E-state index in [1.165, 1.54) is 0 Å². The van der Waals surface area contributed by atoms with Crippen LogP contribution in [0.5, 0.6) is 0 Å². The highest BCUT2D eigenvalue weighted by molar-refractivity contribution is 6.12. The standard InChI is InChI=1S/C4H8B/c1-3-4(2)5/h3-4H,1-2H3. The molecule has 0 amide bonds. The van der Waals surface area contributed by atoms with Gasteiger partial charge in [-0.05, 0) is 6.42 Å². The summed E-state index contributed by atoms with van der Waals surface area (Å²) >= 11 is 0. The number of hydrogen-bond donors (Lipinski definition) is 0. The molecule has 0 aromatic heterocycles. The lowest BCUT2D eigenvalue weighted by molar-refractivity contribution is 1.09. The summed E-state index contributed by atoms with van der Waals surface area (Å²) in [5.41, 5.74) is 0. The lowest BCUT2D eigenvalue weighted by Crippen LogP contribution is -1.77. The first kappa shape index (κ1) is 5.06. The lowest BCUT2D eigenvalue weighted by Gasteiger charge is -1.90. The average Bonchev–Trinajstić information content (AvgIpc) is 1.38. The van der Waals surface area contributed by atoms with E-state index in [1.807, 2.05) is 20.3 Å². The van der Waals surface area contributed by atoms with Gasteiger partial charge in [-0.2, -0.15) is 0 Å². The van der Waals surface area contributed by atoms with Crippen molar-refractivity contribution in [1.82, 2.24) is 0 Å². The number of hydrogen-bond acceptors (Lipinski definition) is 0. The van der Waals surface area contributed by atoms with Crippen LogP contribution in [0, 0.1) is 6.42 Å². The molecule has 0 aliphatic rings. The molecular weight excluding hydrogens is 58.9 g/mol. The van der Waals surface area contributed by atoms with Gasteiger partial charge in [0.15, 0.2) is 0 Å². The minimum atomic E-state index is 0.259. The summed E-state index contributed by atoms with van der Waals surface area (Å²) < 4.78 is 0. The molecule has 27 valence electrons. The van der Waals surface area contributed by atoms with Gasteiger partial charge in [0.1, 0.15) is 0 Å². The van der Waals surface area contributed by atoms with Crippen LogP contribution in [0.1, 0.15) is 13.8 Å². The van der Waals surface area contributed by atoms with Gasteiger partial charge in [0.25, 0.3) is 0 Å². The molecule has 0 N–H and O–H groups in total. The monoisotopic (exact) mass is 67.1 g/mol. The van der Waals surface area contributed by atoms with Crippen LogP contribution in [0.25, 0.3) is 0 Å². The Bertz CT molecular complexity index is 17.6. The SMILES string of the molecule is [B]C(C)[CH]C. The van der Waals surface area contributed by atoms with Crippen molar-refractivity contribution in [2.45, 2.75) is 19.7 Å². The molecule has 0 aromatic carbocycles. The first-order valence-electron chi connectivity index (χ1n) is 1.82. The fourth-order valence-electron chi connectivity index (χ4n) is 0. The molecule has 0 saturated carbocycles. The molecule has 0 bridgehead atoms. The van der Waals surface area contributed by atoms with Crippen molar-refractivity contribution in [3.05, 3.63) is 6.42 Å². The molecule has 5 heavy (non-hydrogen) atoms.